The number of hydrogen-bond donors (Lipinski definition) is 0. The molecule has 2 aliphatic carbocycles. The third kappa shape index (κ3) is 7.58. The Hall–Kier alpha value is -2.55. The van der Waals surface area contributed by atoms with Crippen LogP contribution in [0.15, 0.2) is 86.2 Å². The SMILES string of the molecule is CC[C@H](C)[C@@H](COp1oc2ccc3ccccc3c2c2c(ccc3ccccc32)o1)N=C[C]1[CH][CH][CH][CH]1.[CH]1[CH][CH][CH][CH]1.[Fe+2]. The second-order valence-corrected chi connectivity index (χ2v) is 11.5. The van der Waals surface area contributed by atoms with Crippen LogP contribution in [0.1, 0.15) is 20.3 Å². The molecule has 6 heteroatoms. The van der Waals surface area contributed by atoms with E-state index in [1.54, 1.807) is 0 Å². The van der Waals surface area contributed by atoms with Crippen LogP contribution in [0.2, 0.25) is 0 Å². The van der Waals surface area contributed by atoms with E-state index in [0.29, 0.717) is 12.5 Å². The van der Waals surface area contributed by atoms with Crippen LogP contribution in [0.3, 0.4) is 0 Å². The van der Waals surface area contributed by atoms with Crippen LogP contribution in [-0.2, 0) is 17.1 Å². The third-order valence-electron chi connectivity index (χ3n) is 7.69. The van der Waals surface area contributed by atoms with E-state index in [9.17, 15) is 0 Å². The smallest absolute Gasteiger partial charge is 0.399 e. The molecule has 1 aromatic heterocycles. The number of aliphatic imine (C=N–C) groups is 1. The third-order valence-corrected chi connectivity index (χ3v) is 8.74. The Labute approximate surface area is 267 Å². The van der Waals surface area contributed by atoms with E-state index in [1.165, 1.54) is 0 Å². The molecule has 0 amide bonds. The summed E-state index contributed by atoms with van der Waals surface area (Å²) < 4.78 is 19.3. The predicted octanol–water partition coefficient (Wildman–Crippen LogP) is 9.93. The molecule has 10 radical (unpaired) electrons. The number of rotatable bonds is 7. The van der Waals surface area contributed by atoms with Crippen molar-refractivity contribution in [2.75, 3.05) is 6.61 Å². The maximum atomic E-state index is 6.48. The number of hydrogen-bond acceptors (Lipinski definition) is 4. The first-order valence-electron chi connectivity index (χ1n) is 14.5. The van der Waals surface area contributed by atoms with Gasteiger partial charge >= 0.3 is 25.3 Å². The summed E-state index contributed by atoms with van der Waals surface area (Å²) in [4.78, 5) is 4.86. The Morgan fingerprint density at radius 2 is 1.23 bits per heavy atom. The van der Waals surface area contributed by atoms with Crippen LogP contribution in [0.25, 0.3) is 43.5 Å². The Morgan fingerprint density at radius 3 is 1.74 bits per heavy atom. The first-order valence-corrected chi connectivity index (χ1v) is 15.5. The fraction of sp³-hybridized carbons (Fsp3) is 0.162. The van der Waals surface area contributed by atoms with Gasteiger partial charge in [0.15, 0.2) is 0 Å². The van der Waals surface area contributed by atoms with Crippen molar-refractivity contribution in [3.05, 3.63) is 137 Å². The predicted molar refractivity (Wildman–Crippen MR) is 176 cm³/mol. The molecule has 0 spiro atoms. The van der Waals surface area contributed by atoms with Crippen molar-refractivity contribution in [3.8, 4) is 0 Å². The van der Waals surface area contributed by atoms with E-state index in [1.807, 2.05) is 63.3 Å². The van der Waals surface area contributed by atoms with Gasteiger partial charge in [-0.25, -0.2) is 0 Å². The molecule has 0 bridgehead atoms. The van der Waals surface area contributed by atoms with Gasteiger partial charge in [-0.1, -0.05) is 80.9 Å². The van der Waals surface area contributed by atoms with Crippen LogP contribution in [0.4, 0.5) is 0 Å². The fourth-order valence-electron chi connectivity index (χ4n) is 5.14. The molecule has 7 rings (SSSR count). The minimum Gasteiger partial charge on any atom is -0.399 e. The summed E-state index contributed by atoms with van der Waals surface area (Å²) in [5.74, 6) is 1.46. The van der Waals surface area contributed by atoms with Gasteiger partial charge in [-0.05, 0) is 97.4 Å². The standard InChI is InChI=1S/C32H29NO3P.C5H5.Fe/c1-3-22(2)28(33-20-23-10-4-5-11-23)21-34-37-35-29-18-16-24-12-6-8-14-26(24)31(29)32-27-15-9-7-13-25(27)17-19-30(32)36-37;1-2-4-5-3-1;/h4-20,22,28H,3,21H2,1-2H3;1-5H;/q;;+2/t22-,28+;;/m0../s1. The second kappa shape index (κ2) is 15.4. The van der Waals surface area contributed by atoms with Gasteiger partial charge < -0.3 is 8.39 Å². The van der Waals surface area contributed by atoms with Gasteiger partial charge in [-0.2, -0.15) is 0 Å². The summed E-state index contributed by atoms with van der Waals surface area (Å²) in [6.45, 7) is 4.81. The molecule has 2 aliphatic rings. The van der Waals surface area contributed by atoms with Gasteiger partial charge in [-0.15, -0.1) is 0 Å². The minimum atomic E-state index is -1.67. The number of benzene rings is 4. The zero-order valence-corrected chi connectivity index (χ0v) is 26.2. The van der Waals surface area contributed by atoms with Crippen molar-refractivity contribution in [2.24, 2.45) is 10.9 Å². The molecule has 4 aromatic carbocycles. The topological polar surface area (TPSA) is 47.9 Å². The van der Waals surface area contributed by atoms with Crippen LogP contribution in [-0.4, -0.2) is 18.9 Å². The van der Waals surface area contributed by atoms with Crippen molar-refractivity contribution < 1.29 is 30.0 Å². The second-order valence-electron chi connectivity index (χ2n) is 10.4. The molecule has 2 atom stereocenters. The molecule has 43 heavy (non-hydrogen) atoms. The number of nitrogens with zero attached hydrogens (tertiary/aromatic N) is 1. The Balaban J connectivity index is 0.000000559. The summed E-state index contributed by atoms with van der Waals surface area (Å²) in [6, 6.07) is 25.1. The normalized spacial score (nSPS) is 16.9. The van der Waals surface area contributed by atoms with Gasteiger partial charge in [0.2, 0.25) is 0 Å². The molecular weight excluding hydrogens is 593 g/mol. The molecule has 4 nitrogen and oxygen atoms in total. The molecule has 0 N–H and O–H groups in total. The van der Waals surface area contributed by atoms with E-state index >= 15 is 0 Å². The molecule has 216 valence electrons. The first kappa shape index (κ1) is 31.9. The fourth-order valence-corrected chi connectivity index (χ4v) is 6.19. The van der Waals surface area contributed by atoms with Crippen molar-refractivity contribution in [1.82, 2.24) is 0 Å². The summed E-state index contributed by atoms with van der Waals surface area (Å²) in [7, 11) is -1.67. The van der Waals surface area contributed by atoms with E-state index in [2.05, 4.69) is 87.4 Å². The van der Waals surface area contributed by atoms with Crippen LogP contribution in [0, 0.1) is 69.6 Å². The van der Waals surface area contributed by atoms with Crippen LogP contribution in [0.5, 0.6) is 0 Å². The maximum Gasteiger partial charge on any atom is 2.00 e. The van der Waals surface area contributed by atoms with Crippen LogP contribution < -0.4 is 4.52 Å². The first-order chi connectivity index (χ1) is 20.7. The number of fused-ring (bicyclic) bond motifs is 7. The van der Waals surface area contributed by atoms with Crippen molar-refractivity contribution in [2.45, 2.75) is 26.3 Å². The maximum absolute atomic E-state index is 6.48. The molecule has 1 heterocycles. The average molecular weight is 628 g/mol. The van der Waals surface area contributed by atoms with Gasteiger partial charge in [0.05, 0.1) is 12.6 Å². The molecule has 5 aromatic rings. The largest absolute Gasteiger partial charge is 2.00 e. The molecule has 0 saturated heterocycles. The molecule has 0 aliphatic heterocycles. The summed E-state index contributed by atoms with van der Waals surface area (Å²) in [6.07, 6.45) is 21.1. The van der Waals surface area contributed by atoms with E-state index in [4.69, 9.17) is 17.9 Å². The van der Waals surface area contributed by atoms with E-state index in [-0.39, 0.29) is 23.1 Å². The quantitative estimate of drug-likeness (QED) is 0.133. The molecule has 2 saturated carbocycles. The van der Waals surface area contributed by atoms with Crippen molar-refractivity contribution in [1.29, 1.82) is 0 Å². The van der Waals surface area contributed by atoms with E-state index in [0.717, 1.165) is 55.8 Å². The zero-order chi connectivity index (χ0) is 28.7. The van der Waals surface area contributed by atoms with Gasteiger partial charge in [0, 0.05) is 22.9 Å². The molecule has 0 unspecified atom stereocenters. The van der Waals surface area contributed by atoms with Crippen molar-refractivity contribution >= 4 is 57.9 Å². The van der Waals surface area contributed by atoms with E-state index < -0.39 is 8.24 Å². The minimum absolute atomic E-state index is 0. The van der Waals surface area contributed by atoms with Gasteiger partial charge in [0.25, 0.3) is 0 Å². The molecule has 2 fully saturated rings. The van der Waals surface area contributed by atoms with Gasteiger partial charge in [0.1, 0.15) is 11.2 Å². The Bertz CT molecular complexity index is 1600. The Morgan fingerprint density at radius 1 is 0.721 bits per heavy atom. The summed E-state index contributed by atoms with van der Waals surface area (Å²) >= 11 is 0. The Kier molecular flexibility index (Phi) is 11.4. The average Bonchev–Trinajstić information content (AvgIpc) is 3.76. The zero-order valence-electron chi connectivity index (χ0n) is 24.2. The van der Waals surface area contributed by atoms with Crippen molar-refractivity contribution in [3.63, 3.8) is 0 Å². The summed E-state index contributed by atoms with van der Waals surface area (Å²) in [5.41, 5.74) is 1.56. The van der Waals surface area contributed by atoms with Crippen LogP contribution >= 0.6 is 8.24 Å². The molecular formula is C37H34FeNO3P+2. The summed E-state index contributed by atoms with van der Waals surface area (Å²) in [5, 5.41) is 6.69. The monoisotopic (exact) mass is 627 g/mol. The van der Waals surface area contributed by atoms with Gasteiger partial charge in [-0.3, -0.25) is 9.52 Å².